The smallest absolute Gasteiger partial charge is 0.244 e. The number of likely N-dealkylation sites (N-methyl/N-ethyl adjacent to an activating group) is 1. The van der Waals surface area contributed by atoms with Crippen molar-refractivity contribution < 1.29 is 4.79 Å². The number of rotatable bonds is 6. The third-order valence-corrected chi connectivity index (χ3v) is 5.59. The normalized spacial score (nSPS) is 15.6. The van der Waals surface area contributed by atoms with Crippen molar-refractivity contribution >= 4 is 17.3 Å². The summed E-state index contributed by atoms with van der Waals surface area (Å²) >= 11 is 0. The number of nitrogen functional groups attached to an aromatic ring is 1. The first-order valence-electron chi connectivity index (χ1n) is 10.2. The van der Waals surface area contributed by atoms with E-state index in [0.29, 0.717) is 24.3 Å². The number of piperazine rings is 1. The molecule has 1 aliphatic rings. The minimum atomic E-state index is -0.278. The summed E-state index contributed by atoms with van der Waals surface area (Å²) in [6, 6.07) is 17.5. The maximum Gasteiger partial charge on any atom is 0.244 e. The number of nitrogens with zero attached hydrogens (tertiary/aromatic N) is 4. The number of anilines is 2. The van der Waals surface area contributed by atoms with Crippen LogP contribution in [0.5, 0.6) is 0 Å². The van der Waals surface area contributed by atoms with Crippen molar-refractivity contribution in [2.24, 2.45) is 0 Å². The highest BCUT2D eigenvalue weighted by Gasteiger charge is 2.32. The highest BCUT2D eigenvalue weighted by atomic mass is 16.2. The summed E-state index contributed by atoms with van der Waals surface area (Å²) in [5.74, 6) is 0.153. The first-order valence-corrected chi connectivity index (χ1v) is 10.2. The molecule has 2 N–H and O–H groups in total. The van der Waals surface area contributed by atoms with Crippen LogP contribution in [0.3, 0.4) is 0 Å². The lowest BCUT2D eigenvalue weighted by Crippen LogP contribution is -2.51. The van der Waals surface area contributed by atoms with E-state index in [1.807, 2.05) is 61.2 Å². The zero-order valence-electron chi connectivity index (χ0n) is 17.2. The molecule has 29 heavy (non-hydrogen) atoms. The van der Waals surface area contributed by atoms with E-state index in [9.17, 15) is 10.1 Å². The van der Waals surface area contributed by atoms with E-state index in [2.05, 4.69) is 15.9 Å². The van der Waals surface area contributed by atoms with Crippen LogP contribution in [0.15, 0.2) is 48.5 Å². The summed E-state index contributed by atoms with van der Waals surface area (Å²) in [7, 11) is 0. The Morgan fingerprint density at radius 1 is 1.10 bits per heavy atom. The van der Waals surface area contributed by atoms with Crippen LogP contribution in [0.2, 0.25) is 0 Å². The van der Waals surface area contributed by atoms with E-state index in [-0.39, 0.29) is 11.9 Å². The van der Waals surface area contributed by atoms with Crippen LogP contribution < -0.4 is 10.6 Å². The van der Waals surface area contributed by atoms with E-state index in [0.717, 1.165) is 37.4 Å². The molecule has 0 bridgehead atoms. The first kappa shape index (κ1) is 20.7. The van der Waals surface area contributed by atoms with Gasteiger partial charge < -0.3 is 15.5 Å². The molecule has 0 radical (unpaired) electrons. The van der Waals surface area contributed by atoms with Crippen molar-refractivity contribution in [3.63, 3.8) is 0 Å². The van der Waals surface area contributed by atoms with Crippen LogP contribution >= 0.6 is 0 Å². The Labute approximate surface area is 173 Å². The Morgan fingerprint density at radius 3 is 2.34 bits per heavy atom. The molecule has 0 aliphatic carbocycles. The number of hydrogen-bond acceptors (Lipinski definition) is 5. The molecule has 2 aromatic carbocycles. The van der Waals surface area contributed by atoms with Crippen molar-refractivity contribution in [3.05, 3.63) is 59.7 Å². The van der Waals surface area contributed by atoms with Gasteiger partial charge in [-0.15, -0.1) is 0 Å². The standard InChI is InChI=1S/C23H29N5O/c1-3-26(4-2)23(29)22(18-8-6-5-7-9-18)28-14-12-27(13-15-28)21-11-10-20(25)16-19(21)17-24/h5-11,16,22H,3-4,12-15,25H2,1-2H3. The summed E-state index contributed by atoms with van der Waals surface area (Å²) in [6.07, 6.45) is 0. The Balaban J connectivity index is 1.80. The monoisotopic (exact) mass is 391 g/mol. The number of benzene rings is 2. The second-order valence-corrected chi connectivity index (χ2v) is 7.24. The summed E-state index contributed by atoms with van der Waals surface area (Å²) in [4.78, 5) is 19.7. The van der Waals surface area contributed by atoms with E-state index < -0.39 is 0 Å². The summed E-state index contributed by atoms with van der Waals surface area (Å²) < 4.78 is 0. The number of hydrogen-bond donors (Lipinski definition) is 1. The largest absolute Gasteiger partial charge is 0.399 e. The molecule has 1 unspecified atom stereocenters. The minimum Gasteiger partial charge on any atom is -0.399 e. The van der Waals surface area contributed by atoms with Gasteiger partial charge >= 0.3 is 0 Å². The number of nitriles is 1. The third-order valence-electron chi connectivity index (χ3n) is 5.59. The van der Waals surface area contributed by atoms with Gasteiger partial charge in [-0.2, -0.15) is 5.26 Å². The van der Waals surface area contributed by atoms with Gasteiger partial charge in [0.25, 0.3) is 0 Å². The Hall–Kier alpha value is -3.04. The van der Waals surface area contributed by atoms with Gasteiger partial charge in [-0.05, 0) is 37.6 Å². The van der Waals surface area contributed by atoms with Crippen LogP contribution in [0.25, 0.3) is 0 Å². The zero-order valence-corrected chi connectivity index (χ0v) is 17.2. The van der Waals surface area contributed by atoms with Crippen molar-refractivity contribution in [2.45, 2.75) is 19.9 Å². The molecule has 1 atom stereocenters. The number of carbonyl (C=O) groups excluding carboxylic acids is 1. The van der Waals surface area contributed by atoms with Crippen molar-refractivity contribution in [3.8, 4) is 6.07 Å². The molecule has 1 aliphatic heterocycles. The molecule has 6 nitrogen and oxygen atoms in total. The molecule has 152 valence electrons. The Morgan fingerprint density at radius 2 is 1.76 bits per heavy atom. The fourth-order valence-electron chi connectivity index (χ4n) is 3.99. The lowest BCUT2D eigenvalue weighted by Gasteiger charge is -2.41. The van der Waals surface area contributed by atoms with Crippen molar-refractivity contribution in [1.82, 2.24) is 9.80 Å². The van der Waals surface area contributed by atoms with Crippen LogP contribution in [-0.2, 0) is 4.79 Å². The van der Waals surface area contributed by atoms with Crippen LogP contribution in [-0.4, -0.2) is 55.0 Å². The van der Waals surface area contributed by atoms with Gasteiger partial charge in [-0.3, -0.25) is 9.69 Å². The molecule has 0 spiro atoms. The maximum atomic E-state index is 13.3. The molecule has 1 heterocycles. The minimum absolute atomic E-state index is 0.153. The van der Waals surface area contributed by atoms with E-state index in [1.54, 1.807) is 6.07 Å². The van der Waals surface area contributed by atoms with E-state index in [1.165, 1.54) is 0 Å². The molecular weight excluding hydrogens is 362 g/mol. The number of amides is 1. The molecule has 2 aromatic rings. The summed E-state index contributed by atoms with van der Waals surface area (Å²) in [5, 5.41) is 9.46. The molecule has 1 amide bonds. The number of nitrogens with two attached hydrogens (primary N) is 1. The highest BCUT2D eigenvalue weighted by molar-refractivity contribution is 5.83. The van der Waals surface area contributed by atoms with Gasteiger partial charge in [-0.25, -0.2) is 0 Å². The van der Waals surface area contributed by atoms with Gasteiger partial charge in [0.2, 0.25) is 5.91 Å². The molecule has 0 saturated carbocycles. The molecular formula is C23H29N5O. The molecule has 3 rings (SSSR count). The van der Waals surface area contributed by atoms with E-state index in [4.69, 9.17) is 5.73 Å². The molecule has 6 heteroatoms. The van der Waals surface area contributed by atoms with Gasteiger partial charge in [0.1, 0.15) is 12.1 Å². The van der Waals surface area contributed by atoms with Crippen molar-refractivity contribution in [2.75, 3.05) is 49.9 Å². The van der Waals surface area contributed by atoms with Gasteiger partial charge in [-0.1, -0.05) is 30.3 Å². The second kappa shape index (κ2) is 9.44. The van der Waals surface area contributed by atoms with Gasteiger partial charge in [0.15, 0.2) is 0 Å². The van der Waals surface area contributed by atoms with Gasteiger partial charge in [0.05, 0.1) is 11.3 Å². The predicted octanol–water partition coefficient (Wildman–Crippen LogP) is 2.87. The lowest BCUT2D eigenvalue weighted by atomic mass is 10.0. The SMILES string of the molecule is CCN(CC)C(=O)C(c1ccccc1)N1CCN(c2ccc(N)cc2C#N)CC1. The zero-order chi connectivity index (χ0) is 20.8. The van der Waals surface area contributed by atoms with Crippen molar-refractivity contribution in [1.29, 1.82) is 5.26 Å². The lowest BCUT2D eigenvalue weighted by molar-refractivity contribution is -0.137. The first-order chi connectivity index (χ1) is 14.1. The summed E-state index contributed by atoms with van der Waals surface area (Å²) in [6.45, 7) is 8.47. The predicted molar refractivity (Wildman–Crippen MR) is 116 cm³/mol. The maximum absolute atomic E-state index is 13.3. The quantitative estimate of drug-likeness (QED) is 0.766. The average molecular weight is 392 g/mol. The average Bonchev–Trinajstić information content (AvgIpc) is 2.76. The second-order valence-electron chi connectivity index (χ2n) is 7.24. The topological polar surface area (TPSA) is 76.6 Å². The number of carbonyl (C=O) groups is 1. The Kier molecular flexibility index (Phi) is 6.73. The van der Waals surface area contributed by atoms with E-state index >= 15 is 0 Å². The van der Waals surface area contributed by atoms with Crippen LogP contribution in [0.1, 0.15) is 31.0 Å². The molecule has 1 fully saturated rings. The summed E-state index contributed by atoms with van der Waals surface area (Å²) in [5.41, 5.74) is 8.96. The Bertz CT molecular complexity index is 865. The molecule has 1 saturated heterocycles. The van der Waals surface area contributed by atoms with Crippen LogP contribution in [0, 0.1) is 11.3 Å². The van der Waals surface area contributed by atoms with Crippen LogP contribution in [0.4, 0.5) is 11.4 Å². The highest BCUT2D eigenvalue weighted by Crippen LogP contribution is 2.28. The fourth-order valence-corrected chi connectivity index (χ4v) is 3.99. The molecule has 0 aromatic heterocycles. The fraction of sp³-hybridized carbons (Fsp3) is 0.391. The third kappa shape index (κ3) is 4.52. The van der Waals surface area contributed by atoms with Gasteiger partial charge in [0, 0.05) is 45.0 Å².